The summed E-state index contributed by atoms with van der Waals surface area (Å²) in [7, 11) is 1.89. The molecule has 2 aliphatic rings. The molecule has 1 aromatic heterocycles. The summed E-state index contributed by atoms with van der Waals surface area (Å²) >= 11 is 0. The number of aromatic nitrogens is 1. The van der Waals surface area contributed by atoms with Gasteiger partial charge in [-0.3, -0.25) is 9.88 Å². The molecular weight excluding hydrogens is 336 g/mol. The summed E-state index contributed by atoms with van der Waals surface area (Å²) in [5, 5.41) is 0. The number of ether oxygens (including phenoxy) is 2. The highest BCUT2D eigenvalue weighted by Crippen LogP contribution is 2.46. The zero-order valence-electron chi connectivity index (χ0n) is 16.3. The van der Waals surface area contributed by atoms with Gasteiger partial charge < -0.3 is 9.47 Å². The Morgan fingerprint density at radius 2 is 2.07 bits per heavy atom. The standard InChI is InChI=1S/C23H30N2O2/c1-26-22-10-5-11-23(22)12-6-14-25(18-23)16-19-7-4-9-21(15-19)27-17-20-8-2-3-13-24-20/h2-4,7-9,13,15,22H,5-6,10-12,14,16-18H2,1H3/t22-,23+/m1/s1. The van der Waals surface area contributed by atoms with E-state index in [4.69, 9.17) is 9.47 Å². The molecule has 0 amide bonds. The molecule has 144 valence electrons. The third-order valence-electron chi connectivity index (χ3n) is 6.21. The number of benzene rings is 1. The van der Waals surface area contributed by atoms with Crippen molar-refractivity contribution in [3.63, 3.8) is 0 Å². The summed E-state index contributed by atoms with van der Waals surface area (Å²) in [6.07, 6.45) is 8.68. The summed E-state index contributed by atoms with van der Waals surface area (Å²) in [5.41, 5.74) is 2.64. The van der Waals surface area contributed by atoms with Crippen LogP contribution in [0.3, 0.4) is 0 Å². The van der Waals surface area contributed by atoms with Crippen LogP contribution >= 0.6 is 0 Å². The highest BCUT2D eigenvalue weighted by Gasteiger charge is 2.45. The topological polar surface area (TPSA) is 34.6 Å². The van der Waals surface area contributed by atoms with E-state index in [2.05, 4.69) is 28.1 Å². The maximum absolute atomic E-state index is 5.95. The highest BCUT2D eigenvalue weighted by molar-refractivity contribution is 5.28. The first-order chi connectivity index (χ1) is 13.3. The number of piperidine rings is 1. The fraction of sp³-hybridized carbons (Fsp3) is 0.522. The van der Waals surface area contributed by atoms with Gasteiger partial charge in [0.25, 0.3) is 0 Å². The van der Waals surface area contributed by atoms with Crippen molar-refractivity contribution in [3.05, 3.63) is 59.9 Å². The van der Waals surface area contributed by atoms with Gasteiger partial charge in [-0.15, -0.1) is 0 Å². The lowest BCUT2D eigenvalue weighted by Crippen LogP contribution is -2.47. The lowest BCUT2D eigenvalue weighted by molar-refractivity contribution is -0.0366. The van der Waals surface area contributed by atoms with Crippen molar-refractivity contribution >= 4 is 0 Å². The Kier molecular flexibility index (Phi) is 5.74. The van der Waals surface area contributed by atoms with E-state index >= 15 is 0 Å². The number of hydrogen-bond donors (Lipinski definition) is 0. The van der Waals surface area contributed by atoms with Gasteiger partial charge in [-0.2, -0.15) is 0 Å². The van der Waals surface area contributed by atoms with E-state index in [0.29, 0.717) is 18.1 Å². The minimum absolute atomic E-state index is 0.375. The van der Waals surface area contributed by atoms with Crippen LogP contribution < -0.4 is 4.74 Å². The van der Waals surface area contributed by atoms with Crippen molar-refractivity contribution in [2.24, 2.45) is 5.41 Å². The van der Waals surface area contributed by atoms with Crippen LogP contribution in [0.4, 0.5) is 0 Å². The van der Waals surface area contributed by atoms with Gasteiger partial charge in [0.2, 0.25) is 0 Å². The normalized spacial score (nSPS) is 25.7. The first-order valence-electron chi connectivity index (χ1n) is 10.1. The monoisotopic (exact) mass is 366 g/mol. The van der Waals surface area contributed by atoms with E-state index in [-0.39, 0.29) is 0 Å². The van der Waals surface area contributed by atoms with E-state index in [1.165, 1.54) is 44.2 Å². The molecule has 4 rings (SSSR count). The molecule has 1 aliphatic heterocycles. The summed E-state index contributed by atoms with van der Waals surface area (Å²) in [6, 6.07) is 14.4. The molecule has 0 bridgehead atoms. The predicted molar refractivity (Wildman–Crippen MR) is 107 cm³/mol. The molecule has 1 saturated heterocycles. The van der Waals surface area contributed by atoms with Gasteiger partial charge in [0.15, 0.2) is 0 Å². The molecule has 4 heteroatoms. The molecule has 2 heterocycles. The molecule has 0 radical (unpaired) electrons. The summed E-state index contributed by atoms with van der Waals surface area (Å²) < 4.78 is 11.8. The van der Waals surface area contributed by atoms with Gasteiger partial charge in [-0.1, -0.05) is 24.6 Å². The average Bonchev–Trinajstić information content (AvgIpc) is 3.09. The molecule has 1 spiro atoms. The zero-order valence-corrected chi connectivity index (χ0v) is 16.3. The lowest BCUT2D eigenvalue weighted by atomic mass is 9.76. The Labute approximate surface area is 162 Å². The quantitative estimate of drug-likeness (QED) is 0.757. The lowest BCUT2D eigenvalue weighted by Gasteiger charge is -2.43. The smallest absolute Gasteiger partial charge is 0.130 e. The third-order valence-corrected chi connectivity index (χ3v) is 6.21. The minimum Gasteiger partial charge on any atom is -0.487 e. The molecule has 27 heavy (non-hydrogen) atoms. The maximum Gasteiger partial charge on any atom is 0.130 e. The van der Waals surface area contributed by atoms with Crippen LogP contribution in [-0.4, -0.2) is 36.2 Å². The third kappa shape index (κ3) is 4.33. The van der Waals surface area contributed by atoms with Crippen LogP contribution in [0.15, 0.2) is 48.7 Å². The van der Waals surface area contributed by atoms with Crippen molar-refractivity contribution in [2.45, 2.75) is 51.4 Å². The first kappa shape index (κ1) is 18.5. The number of hydrogen-bond acceptors (Lipinski definition) is 4. The molecular formula is C23H30N2O2. The first-order valence-corrected chi connectivity index (χ1v) is 10.1. The molecule has 1 saturated carbocycles. The van der Waals surface area contributed by atoms with E-state index in [9.17, 15) is 0 Å². The van der Waals surface area contributed by atoms with Crippen LogP contribution in [0.25, 0.3) is 0 Å². The number of likely N-dealkylation sites (tertiary alicyclic amines) is 1. The van der Waals surface area contributed by atoms with Crippen molar-refractivity contribution in [2.75, 3.05) is 20.2 Å². The van der Waals surface area contributed by atoms with Crippen molar-refractivity contribution in [1.82, 2.24) is 9.88 Å². The second-order valence-corrected chi connectivity index (χ2v) is 8.05. The van der Waals surface area contributed by atoms with Crippen LogP contribution in [0.5, 0.6) is 5.75 Å². The largest absolute Gasteiger partial charge is 0.487 e. The fourth-order valence-corrected chi connectivity index (χ4v) is 4.97. The molecule has 2 aromatic rings. The summed E-state index contributed by atoms with van der Waals surface area (Å²) in [4.78, 5) is 6.93. The molecule has 2 fully saturated rings. The molecule has 0 N–H and O–H groups in total. The summed E-state index contributed by atoms with van der Waals surface area (Å²) in [6.45, 7) is 3.83. The second kappa shape index (κ2) is 8.41. The van der Waals surface area contributed by atoms with Gasteiger partial charge in [0.1, 0.15) is 12.4 Å². The van der Waals surface area contributed by atoms with Crippen molar-refractivity contribution in [1.29, 1.82) is 0 Å². The van der Waals surface area contributed by atoms with Gasteiger partial charge >= 0.3 is 0 Å². The number of pyridine rings is 1. The predicted octanol–water partition coefficient (Wildman–Crippen LogP) is 4.44. The van der Waals surface area contributed by atoms with Crippen molar-refractivity contribution in [3.8, 4) is 5.75 Å². The molecule has 1 aliphatic carbocycles. The van der Waals surface area contributed by atoms with Gasteiger partial charge in [0.05, 0.1) is 11.8 Å². The Morgan fingerprint density at radius 3 is 2.93 bits per heavy atom. The molecule has 0 unspecified atom stereocenters. The number of methoxy groups -OCH3 is 1. The molecule has 4 nitrogen and oxygen atoms in total. The van der Waals surface area contributed by atoms with Crippen molar-refractivity contribution < 1.29 is 9.47 Å². The van der Waals surface area contributed by atoms with Crippen LogP contribution in [0, 0.1) is 5.41 Å². The van der Waals surface area contributed by atoms with Crippen LogP contribution in [-0.2, 0) is 17.9 Å². The van der Waals surface area contributed by atoms with E-state index in [1.807, 2.05) is 31.4 Å². The van der Waals surface area contributed by atoms with E-state index in [0.717, 1.165) is 24.5 Å². The molecule has 1 aromatic carbocycles. The average molecular weight is 367 g/mol. The zero-order chi connectivity index (χ0) is 18.5. The Morgan fingerprint density at radius 1 is 1.15 bits per heavy atom. The van der Waals surface area contributed by atoms with E-state index in [1.54, 1.807) is 6.20 Å². The Hall–Kier alpha value is -1.91. The fourth-order valence-electron chi connectivity index (χ4n) is 4.97. The SMILES string of the molecule is CO[C@@H]1CCC[C@@]12CCCN(Cc1cccc(OCc3ccccn3)c1)C2. The highest BCUT2D eigenvalue weighted by atomic mass is 16.5. The van der Waals surface area contributed by atoms with Crippen LogP contribution in [0.1, 0.15) is 43.4 Å². The van der Waals surface area contributed by atoms with Gasteiger partial charge in [-0.25, -0.2) is 0 Å². The second-order valence-electron chi connectivity index (χ2n) is 8.05. The summed E-state index contributed by atoms with van der Waals surface area (Å²) in [5.74, 6) is 0.917. The number of rotatable bonds is 6. The van der Waals surface area contributed by atoms with Gasteiger partial charge in [-0.05, 0) is 62.1 Å². The van der Waals surface area contributed by atoms with Crippen LogP contribution in [0.2, 0.25) is 0 Å². The molecule has 2 atom stereocenters. The number of nitrogens with zero attached hydrogens (tertiary/aromatic N) is 2. The maximum atomic E-state index is 5.95. The van der Waals surface area contributed by atoms with E-state index < -0.39 is 0 Å². The Bertz CT molecular complexity index is 736. The van der Waals surface area contributed by atoms with Gasteiger partial charge in [0, 0.05) is 31.8 Å². The Balaban J connectivity index is 1.38. The minimum atomic E-state index is 0.375.